The Morgan fingerprint density at radius 2 is 1.29 bits per heavy atom. The molecule has 1 aromatic rings. The number of aliphatic hydroxyl groups is 4. The Morgan fingerprint density at radius 3 is 1.92 bits per heavy atom. The fourth-order valence-corrected chi connectivity index (χ4v) is 9.34. The number of carbonyl (C=O) groups is 2. The van der Waals surface area contributed by atoms with Crippen molar-refractivity contribution in [2.24, 2.45) is 0 Å². The number of anilines is 1. The van der Waals surface area contributed by atoms with Crippen LogP contribution in [0.3, 0.4) is 0 Å². The zero-order chi connectivity index (χ0) is 53.0. The van der Waals surface area contributed by atoms with Crippen molar-refractivity contribution in [3.8, 4) is 0 Å². The summed E-state index contributed by atoms with van der Waals surface area (Å²) >= 11 is 0. The average molecular weight is 1060 g/mol. The van der Waals surface area contributed by atoms with Crippen LogP contribution in [0.25, 0.3) is 0 Å². The van der Waals surface area contributed by atoms with Crippen molar-refractivity contribution in [2.45, 2.75) is 198 Å². The SMILES string of the molecule is CCCCCCCC/C=C\CCCCCCCC(=O)OC[C@H](COP(=O)(O)OP(=O)(O)OC[C@H]1O[C@@H](n2ccc(N)nc2=O)[C@H](O)[C@@H]1O)OC(=O)CCC[C@H](O)/C=C/C=C\C/C=C\C=C\[C@H](O)CCCCC. The van der Waals surface area contributed by atoms with Crippen LogP contribution in [0, 0.1) is 0 Å². The molecule has 9 atom stereocenters. The van der Waals surface area contributed by atoms with Gasteiger partial charge in [0.25, 0.3) is 0 Å². The van der Waals surface area contributed by atoms with Gasteiger partial charge in [-0.2, -0.15) is 9.29 Å². The highest BCUT2D eigenvalue weighted by molar-refractivity contribution is 7.61. The van der Waals surface area contributed by atoms with E-state index in [1.807, 2.05) is 24.3 Å². The number of aromatic nitrogens is 2. The molecule has 0 aromatic carbocycles. The van der Waals surface area contributed by atoms with E-state index in [2.05, 4.69) is 35.3 Å². The monoisotopic (exact) mass is 1060 g/mol. The van der Waals surface area contributed by atoms with Crippen molar-refractivity contribution in [2.75, 3.05) is 25.6 Å². The first-order chi connectivity index (χ1) is 34.5. The molecule has 0 aliphatic carbocycles. The number of hydrogen-bond donors (Lipinski definition) is 7. The molecule has 20 nitrogen and oxygen atoms in total. The number of allylic oxidation sites excluding steroid dienone is 8. The lowest BCUT2D eigenvalue weighted by Crippen LogP contribution is -2.36. The molecule has 0 saturated carbocycles. The van der Waals surface area contributed by atoms with Crippen LogP contribution >= 0.6 is 15.6 Å². The maximum Gasteiger partial charge on any atom is 0.481 e. The average Bonchev–Trinajstić information content (AvgIpc) is 3.60. The van der Waals surface area contributed by atoms with Crippen molar-refractivity contribution >= 4 is 33.4 Å². The second-order valence-electron chi connectivity index (χ2n) is 17.7. The Balaban J connectivity index is 1.88. The van der Waals surface area contributed by atoms with Crippen LogP contribution in [0.2, 0.25) is 0 Å². The molecule has 1 aliphatic rings. The Hall–Kier alpha value is -3.62. The van der Waals surface area contributed by atoms with E-state index in [0.717, 1.165) is 75.0 Å². The third-order valence-corrected chi connectivity index (χ3v) is 13.9. The summed E-state index contributed by atoms with van der Waals surface area (Å²) in [7, 11) is -11.0. The Morgan fingerprint density at radius 1 is 0.736 bits per heavy atom. The molecule has 1 aliphatic heterocycles. The zero-order valence-corrected chi connectivity index (χ0v) is 44.0. The molecule has 1 aromatic heterocycles. The summed E-state index contributed by atoms with van der Waals surface area (Å²) in [6.07, 6.45) is 29.3. The molecule has 0 radical (unpaired) electrons. The highest BCUT2D eigenvalue weighted by Gasteiger charge is 2.46. The summed E-state index contributed by atoms with van der Waals surface area (Å²) in [5, 5.41) is 41.2. The predicted octanol–water partition coefficient (Wildman–Crippen LogP) is 8.28. The van der Waals surface area contributed by atoms with Gasteiger partial charge in [-0.1, -0.05) is 145 Å². The molecule has 1 fully saturated rings. The summed E-state index contributed by atoms with van der Waals surface area (Å²) < 4.78 is 56.5. The first-order valence-corrected chi connectivity index (χ1v) is 28.5. The molecule has 2 unspecified atom stereocenters. The lowest BCUT2D eigenvalue weighted by Gasteiger charge is -2.21. The number of phosphoric acid groups is 2. The van der Waals surface area contributed by atoms with Crippen molar-refractivity contribution in [3.05, 3.63) is 83.5 Å². The summed E-state index contributed by atoms with van der Waals surface area (Å²) in [4.78, 5) is 61.9. The van der Waals surface area contributed by atoms with Gasteiger partial charge in [-0.25, -0.2) is 13.9 Å². The number of ether oxygens (including phenoxy) is 3. The molecular formula is C50H83N3O17P2. The van der Waals surface area contributed by atoms with Gasteiger partial charge >= 0.3 is 33.3 Å². The lowest BCUT2D eigenvalue weighted by molar-refractivity contribution is -0.161. The number of aliphatic hydroxyl groups excluding tert-OH is 4. The number of unbranched alkanes of at least 4 members (excludes halogenated alkanes) is 13. The lowest BCUT2D eigenvalue weighted by atomic mass is 10.1. The molecule has 0 bridgehead atoms. The number of rotatable bonds is 41. The van der Waals surface area contributed by atoms with Crippen LogP contribution in [-0.2, 0) is 46.3 Å². The highest BCUT2D eigenvalue weighted by Crippen LogP contribution is 2.60. The van der Waals surface area contributed by atoms with Crippen LogP contribution in [0.15, 0.2) is 77.8 Å². The Labute approximate surface area is 425 Å². The number of phosphoric ester groups is 2. The minimum absolute atomic E-state index is 0.0655. The normalized spacial score (nSPS) is 20.4. The van der Waals surface area contributed by atoms with Gasteiger partial charge in [-0.15, -0.1) is 0 Å². The zero-order valence-electron chi connectivity index (χ0n) is 42.2. The van der Waals surface area contributed by atoms with Crippen molar-refractivity contribution in [3.63, 3.8) is 0 Å². The quantitative estimate of drug-likeness (QED) is 0.0107. The van der Waals surface area contributed by atoms with E-state index in [1.54, 1.807) is 24.3 Å². The van der Waals surface area contributed by atoms with Crippen LogP contribution < -0.4 is 11.4 Å². The molecule has 2 rings (SSSR count). The second kappa shape index (κ2) is 38.0. The first kappa shape index (κ1) is 64.5. The molecular weight excluding hydrogens is 977 g/mol. The van der Waals surface area contributed by atoms with Crippen molar-refractivity contribution in [1.29, 1.82) is 0 Å². The van der Waals surface area contributed by atoms with E-state index in [-0.39, 0.29) is 31.5 Å². The van der Waals surface area contributed by atoms with Gasteiger partial charge in [0.15, 0.2) is 12.3 Å². The summed E-state index contributed by atoms with van der Waals surface area (Å²) in [5.41, 5.74) is 4.56. The van der Waals surface area contributed by atoms with Crippen LogP contribution in [0.5, 0.6) is 0 Å². The number of esters is 2. The molecule has 1 saturated heterocycles. The van der Waals surface area contributed by atoms with Gasteiger partial charge < -0.3 is 50.2 Å². The third kappa shape index (κ3) is 30.5. The Bertz CT molecular complexity index is 1980. The largest absolute Gasteiger partial charge is 0.481 e. The van der Waals surface area contributed by atoms with Crippen molar-refractivity contribution < 1.29 is 76.5 Å². The first-order valence-electron chi connectivity index (χ1n) is 25.5. The van der Waals surface area contributed by atoms with Crippen LogP contribution in [0.4, 0.5) is 5.82 Å². The molecule has 2 heterocycles. The van der Waals surface area contributed by atoms with E-state index < -0.39 is 95.9 Å². The molecule has 0 amide bonds. The summed E-state index contributed by atoms with van der Waals surface area (Å²) in [6.45, 7) is 1.82. The topological polar surface area (TPSA) is 306 Å². The molecule has 8 N–H and O–H groups in total. The minimum atomic E-state index is -5.49. The van der Waals surface area contributed by atoms with Gasteiger partial charge in [0.2, 0.25) is 0 Å². The van der Waals surface area contributed by atoms with Crippen LogP contribution in [-0.4, -0.2) is 108 Å². The van der Waals surface area contributed by atoms with E-state index in [4.69, 9.17) is 29.0 Å². The van der Waals surface area contributed by atoms with Gasteiger partial charge in [0, 0.05) is 19.0 Å². The summed E-state index contributed by atoms with van der Waals surface area (Å²) in [5.74, 6) is -1.55. The fraction of sp³-hybridized carbons (Fsp3) is 0.680. The molecule has 22 heteroatoms. The second-order valence-corrected chi connectivity index (χ2v) is 20.8. The van der Waals surface area contributed by atoms with Gasteiger partial charge in [-0.05, 0) is 63.9 Å². The van der Waals surface area contributed by atoms with E-state index in [0.29, 0.717) is 12.8 Å². The smallest absolute Gasteiger partial charge is 0.462 e. The van der Waals surface area contributed by atoms with E-state index >= 15 is 0 Å². The summed E-state index contributed by atoms with van der Waals surface area (Å²) in [6, 6.07) is 1.23. The number of hydrogen-bond acceptors (Lipinski definition) is 17. The van der Waals surface area contributed by atoms with Crippen molar-refractivity contribution in [1.82, 2.24) is 9.55 Å². The maximum atomic E-state index is 12.9. The number of nitrogens with zero attached hydrogens (tertiary/aromatic N) is 2. The van der Waals surface area contributed by atoms with E-state index in [1.165, 1.54) is 44.6 Å². The maximum absolute atomic E-state index is 12.9. The molecule has 0 spiro atoms. The predicted molar refractivity (Wildman–Crippen MR) is 273 cm³/mol. The van der Waals surface area contributed by atoms with Gasteiger partial charge in [0.05, 0.1) is 25.4 Å². The number of nitrogens with two attached hydrogens (primary N) is 1. The van der Waals surface area contributed by atoms with Crippen LogP contribution in [0.1, 0.15) is 161 Å². The Kier molecular flexibility index (Phi) is 34.0. The molecule has 410 valence electrons. The van der Waals surface area contributed by atoms with Gasteiger partial charge in [0.1, 0.15) is 30.7 Å². The fourth-order valence-electron chi connectivity index (χ4n) is 7.23. The third-order valence-electron chi connectivity index (χ3n) is 11.3. The van der Waals surface area contributed by atoms with Gasteiger partial charge in [-0.3, -0.25) is 23.2 Å². The number of nitrogen functional groups attached to an aromatic ring is 1. The standard InChI is InChI=1S/C50H83N3O17P2/c1-3-5-7-8-9-10-11-12-13-14-15-16-20-23-27-33-45(56)65-37-42(68-46(57)34-28-32-41(55)31-26-22-19-17-18-21-25-30-40(54)29-24-6-4-2)38-66-71(61,62)70-72(63,64)67-39-43-47(58)48(59)49(69-43)53-36-35-44(51)52-50(53)60/h12-13,18-19,21-22,25-26,30-31,35-36,40-43,47-49,54-55,58-59H,3-11,14-17,20,23-24,27-29,32-34,37-39H2,1-2H3,(H,61,62)(H,63,64)(H2,51,52,60)/b13-12-,21-18-,22-19-,30-25+,31-26+/t40-,41-,42-,43-,47-,48-,49-/m1/s1. The number of carbonyl (C=O) groups excluding carboxylic acids is 2. The molecule has 72 heavy (non-hydrogen) atoms. The minimum Gasteiger partial charge on any atom is -0.462 e. The van der Waals surface area contributed by atoms with E-state index in [9.17, 15) is 53.7 Å². The highest BCUT2D eigenvalue weighted by atomic mass is 31.3.